The Labute approximate surface area is 98.8 Å². The van der Waals surface area contributed by atoms with Crippen LogP contribution in [-0.2, 0) is 9.53 Å². The highest BCUT2D eigenvalue weighted by molar-refractivity contribution is 9.09. The summed E-state index contributed by atoms with van der Waals surface area (Å²) in [5, 5.41) is 19.0. The van der Waals surface area contributed by atoms with Gasteiger partial charge in [0.05, 0.1) is 25.2 Å². The van der Waals surface area contributed by atoms with Gasteiger partial charge in [0.2, 0.25) is 0 Å². The quantitative estimate of drug-likeness (QED) is 0.542. The maximum absolute atomic E-state index is 11.2. The van der Waals surface area contributed by atoms with Gasteiger partial charge in [0, 0.05) is 11.8 Å². The molecule has 2 atom stereocenters. The number of alkyl halides is 1. The minimum Gasteiger partial charge on any atom is -0.465 e. The normalized spacial score (nSPS) is 15.1. The number of aliphatic hydroxyl groups is 2. The average Bonchev–Trinajstić information content (AvgIpc) is 2.14. The van der Waals surface area contributed by atoms with Crippen LogP contribution in [0.2, 0.25) is 0 Å². The SMILES string of the molecule is CC(C)COC(=O)C[C@H](O)C[C@H](O)CBr. The molecule has 0 aliphatic rings. The number of hydrogen-bond donors (Lipinski definition) is 2. The van der Waals surface area contributed by atoms with Crippen molar-refractivity contribution in [3.63, 3.8) is 0 Å². The number of hydrogen-bond acceptors (Lipinski definition) is 4. The molecule has 0 aromatic carbocycles. The van der Waals surface area contributed by atoms with E-state index in [-0.39, 0.29) is 12.8 Å². The van der Waals surface area contributed by atoms with E-state index in [2.05, 4.69) is 15.9 Å². The molecule has 0 aromatic heterocycles. The monoisotopic (exact) mass is 282 g/mol. The molecule has 0 heterocycles. The number of carbonyl (C=O) groups is 1. The molecule has 0 spiro atoms. The number of halogens is 1. The van der Waals surface area contributed by atoms with Crippen LogP contribution in [0.25, 0.3) is 0 Å². The summed E-state index contributed by atoms with van der Waals surface area (Å²) in [4.78, 5) is 11.2. The predicted octanol–water partition coefficient (Wildman–Crippen LogP) is 1.08. The van der Waals surface area contributed by atoms with Crippen LogP contribution in [-0.4, -0.2) is 40.3 Å². The fourth-order valence-corrected chi connectivity index (χ4v) is 1.24. The maximum atomic E-state index is 11.2. The van der Waals surface area contributed by atoms with E-state index in [9.17, 15) is 15.0 Å². The van der Waals surface area contributed by atoms with E-state index in [1.54, 1.807) is 0 Å². The predicted molar refractivity (Wildman–Crippen MR) is 60.8 cm³/mol. The molecule has 0 fully saturated rings. The lowest BCUT2D eigenvalue weighted by Crippen LogP contribution is -2.23. The molecule has 0 rings (SSSR count). The topological polar surface area (TPSA) is 66.8 Å². The molecule has 15 heavy (non-hydrogen) atoms. The van der Waals surface area contributed by atoms with E-state index in [1.165, 1.54) is 0 Å². The van der Waals surface area contributed by atoms with Crippen molar-refractivity contribution in [1.29, 1.82) is 0 Å². The minimum absolute atomic E-state index is 0.0588. The molecule has 5 heteroatoms. The van der Waals surface area contributed by atoms with Crippen LogP contribution in [0.3, 0.4) is 0 Å². The molecule has 0 aliphatic heterocycles. The van der Waals surface area contributed by atoms with Crippen molar-refractivity contribution in [2.45, 2.75) is 38.9 Å². The maximum Gasteiger partial charge on any atom is 0.308 e. The van der Waals surface area contributed by atoms with Gasteiger partial charge in [-0.05, 0) is 5.92 Å². The standard InChI is InChI=1S/C10H19BrO4/c1-7(2)6-15-10(14)4-8(12)3-9(13)5-11/h7-9,12-13H,3-6H2,1-2H3/t8-,9+/m1/s1. The molecule has 2 N–H and O–H groups in total. The highest BCUT2D eigenvalue weighted by atomic mass is 79.9. The highest BCUT2D eigenvalue weighted by Gasteiger charge is 2.15. The smallest absolute Gasteiger partial charge is 0.308 e. The Hall–Kier alpha value is -0.130. The van der Waals surface area contributed by atoms with Crippen LogP contribution in [0.4, 0.5) is 0 Å². The van der Waals surface area contributed by atoms with Gasteiger partial charge in [-0.2, -0.15) is 0 Å². The summed E-state index contributed by atoms with van der Waals surface area (Å²) in [5.41, 5.74) is 0. The van der Waals surface area contributed by atoms with Gasteiger partial charge in [-0.3, -0.25) is 4.79 Å². The molecule has 0 aliphatic carbocycles. The zero-order valence-corrected chi connectivity index (χ0v) is 10.7. The third kappa shape index (κ3) is 8.84. The Kier molecular flexibility index (Phi) is 8.00. The molecule has 0 unspecified atom stereocenters. The first-order valence-electron chi connectivity index (χ1n) is 5.03. The van der Waals surface area contributed by atoms with Crippen LogP contribution in [0, 0.1) is 5.92 Å². The first-order chi connectivity index (χ1) is 6.95. The van der Waals surface area contributed by atoms with E-state index in [4.69, 9.17) is 4.74 Å². The second-order valence-electron chi connectivity index (χ2n) is 3.98. The Morgan fingerprint density at radius 3 is 2.40 bits per heavy atom. The second kappa shape index (κ2) is 8.07. The Morgan fingerprint density at radius 2 is 1.93 bits per heavy atom. The Balaban J connectivity index is 3.66. The van der Waals surface area contributed by atoms with Crippen molar-refractivity contribution >= 4 is 21.9 Å². The first kappa shape index (κ1) is 14.9. The Bertz CT molecular complexity index is 184. The lowest BCUT2D eigenvalue weighted by molar-refractivity contribution is -0.147. The summed E-state index contributed by atoms with van der Waals surface area (Å²) in [5.74, 6) is -0.128. The lowest BCUT2D eigenvalue weighted by Gasteiger charge is -2.13. The van der Waals surface area contributed by atoms with Crippen molar-refractivity contribution in [3.05, 3.63) is 0 Å². The van der Waals surface area contributed by atoms with Crippen LogP contribution < -0.4 is 0 Å². The van der Waals surface area contributed by atoms with Crippen molar-refractivity contribution < 1.29 is 19.7 Å². The lowest BCUT2D eigenvalue weighted by atomic mass is 10.1. The zero-order valence-electron chi connectivity index (χ0n) is 9.15. The van der Waals surface area contributed by atoms with Gasteiger partial charge in [-0.25, -0.2) is 0 Å². The van der Waals surface area contributed by atoms with Crippen LogP contribution in [0.15, 0.2) is 0 Å². The largest absolute Gasteiger partial charge is 0.465 e. The van der Waals surface area contributed by atoms with Gasteiger partial charge >= 0.3 is 5.97 Å². The highest BCUT2D eigenvalue weighted by Crippen LogP contribution is 2.06. The summed E-state index contributed by atoms with van der Waals surface area (Å²) < 4.78 is 4.90. The van der Waals surface area contributed by atoms with Crippen LogP contribution in [0.5, 0.6) is 0 Å². The molecular formula is C10H19BrO4. The minimum atomic E-state index is -0.836. The van der Waals surface area contributed by atoms with Gasteiger partial charge in [0.15, 0.2) is 0 Å². The zero-order chi connectivity index (χ0) is 11.8. The van der Waals surface area contributed by atoms with E-state index < -0.39 is 18.2 Å². The molecule has 4 nitrogen and oxygen atoms in total. The molecule has 0 bridgehead atoms. The van der Waals surface area contributed by atoms with Gasteiger partial charge in [0.1, 0.15) is 0 Å². The van der Waals surface area contributed by atoms with Gasteiger partial charge in [0.25, 0.3) is 0 Å². The number of ether oxygens (including phenoxy) is 1. The summed E-state index contributed by atoms with van der Waals surface area (Å²) in [6, 6.07) is 0. The fourth-order valence-electron chi connectivity index (χ4n) is 0.971. The van der Waals surface area contributed by atoms with Crippen molar-refractivity contribution in [2.24, 2.45) is 5.92 Å². The molecule has 0 aromatic rings. The fraction of sp³-hybridized carbons (Fsp3) is 0.900. The van der Waals surface area contributed by atoms with Gasteiger partial charge in [-0.15, -0.1) is 0 Å². The number of aliphatic hydroxyl groups excluding tert-OH is 2. The average molecular weight is 283 g/mol. The van der Waals surface area contributed by atoms with Gasteiger partial charge < -0.3 is 14.9 Å². The second-order valence-corrected chi connectivity index (χ2v) is 4.63. The number of carbonyl (C=O) groups excluding carboxylic acids is 1. The van der Waals surface area contributed by atoms with Gasteiger partial charge in [-0.1, -0.05) is 29.8 Å². The van der Waals surface area contributed by atoms with E-state index in [0.717, 1.165) is 0 Å². The third-order valence-electron chi connectivity index (χ3n) is 1.70. The Morgan fingerprint density at radius 1 is 1.33 bits per heavy atom. The van der Waals surface area contributed by atoms with Crippen molar-refractivity contribution in [2.75, 3.05) is 11.9 Å². The molecule has 0 saturated carbocycles. The molecule has 0 amide bonds. The van der Waals surface area contributed by atoms with E-state index >= 15 is 0 Å². The van der Waals surface area contributed by atoms with Crippen molar-refractivity contribution in [1.82, 2.24) is 0 Å². The summed E-state index contributed by atoms with van der Waals surface area (Å²) in [7, 11) is 0. The molecule has 90 valence electrons. The molecule has 0 radical (unpaired) electrons. The summed E-state index contributed by atoms with van der Waals surface area (Å²) >= 11 is 3.08. The summed E-state index contributed by atoms with van der Waals surface area (Å²) in [6.07, 6.45) is -1.34. The van der Waals surface area contributed by atoms with Crippen molar-refractivity contribution in [3.8, 4) is 0 Å². The van der Waals surface area contributed by atoms with Crippen LogP contribution in [0.1, 0.15) is 26.7 Å². The molecular weight excluding hydrogens is 264 g/mol. The first-order valence-corrected chi connectivity index (χ1v) is 6.15. The third-order valence-corrected chi connectivity index (χ3v) is 2.45. The van der Waals surface area contributed by atoms with Crippen LogP contribution >= 0.6 is 15.9 Å². The number of esters is 1. The van der Waals surface area contributed by atoms with E-state index in [0.29, 0.717) is 17.9 Å². The molecule has 0 saturated heterocycles. The summed E-state index contributed by atoms with van der Waals surface area (Å²) in [6.45, 7) is 4.25. The van der Waals surface area contributed by atoms with E-state index in [1.807, 2.05) is 13.8 Å². The number of rotatable bonds is 7.